The first-order chi connectivity index (χ1) is 9.20. The second kappa shape index (κ2) is 4.94. The van der Waals surface area contributed by atoms with Crippen LogP contribution in [0.3, 0.4) is 0 Å². The minimum Gasteiger partial charge on any atom is -0.508 e. The van der Waals surface area contributed by atoms with Gasteiger partial charge in [-0.3, -0.25) is 9.69 Å². The van der Waals surface area contributed by atoms with Crippen LogP contribution in [0.25, 0.3) is 0 Å². The molecule has 4 rings (SSSR count). The molecule has 2 heterocycles. The number of carbonyl (C=O) groups excluding carboxylic acids is 1. The molecule has 3 aliphatic rings. The van der Waals surface area contributed by atoms with Crippen molar-refractivity contribution >= 4 is 5.78 Å². The van der Waals surface area contributed by atoms with E-state index in [1.165, 1.54) is 0 Å². The fourth-order valence-electron chi connectivity index (χ4n) is 3.66. The maximum atomic E-state index is 12.1. The topological polar surface area (TPSA) is 60.8 Å². The Morgan fingerprint density at radius 2 is 2.16 bits per heavy atom. The van der Waals surface area contributed by atoms with E-state index in [1.807, 2.05) is 12.1 Å². The summed E-state index contributed by atoms with van der Waals surface area (Å²) >= 11 is 0. The zero-order chi connectivity index (χ0) is 13.4. The summed E-state index contributed by atoms with van der Waals surface area (Å²) in [6, 6.07) is 7.42. The van der Waals surface area contributed by atoms with Crippen LogP contribution in [-0.4, -0.2) is 40.1 Å². The SMILES string of the molecule is O=C1CC2CCC1C(c1cccc(O)c1)N2CCO. The molecule has 3 fully saturated rings. The summed E-state index contributed by atoms with van der Waals surface area (Å²) in [7, 11) is 0. The molecule has 1 aliphatic carbocycles. The normalized spacial score (nSPS) is 30.8. The third-order valence-corrected chi connectivity index (χ3v) is 4.44. The molecule has 0 amide bonds. The molecule has 1 aromatic rings. The molecule has 4 nitrogen and oxygen atoms in total. The Morgan fingerprint density at radius 3 is 2.84 bits per heavy atom. The number of piperidine rings is 2. The molecule has 1 aromatic carbocycles. The minimum absolute atomic E-state index is 0.0124. The zero-order valence-electron chi connectivity index (χ0n) is 10.8. The Bertz CT molecular complexity index is 488. The molecule has 0 spiro atoms. The lowest BCUT2D eigenvalue weighted by Gasteiger charge is -2.50. The molecule has 19 heavy (non-hydrogen) atoms. The van der Waals surface area contributed by atoms with E-state index in [2.05, 4.69) is 4.90 Å². The Labute approximate surface area is 112 Å². The number of hydrogen-bond donors (Lipinski definition) is 2. The summed E-state index contributed by atoms with van der Waals surface area (Å²) in [5, 5.41) is 18.9. The monoisotopic (exact) mass is 261 g/mol. The number of ketones is 1. The number of carbonyl (C=O) groups is 1. The van der Waals surface area contributed by atoms with Crippen LogP contribution >= 0.6 is 0 Å². The number of benzene rings is 1. The van der Waals surface area contributed by atoms with Gasteiger partial charge in [0.2, 0.25) is 0 Å². The summed E-state index contributed by atoms with van der Waals surface area (Å²) in [6.45, 7) is 0.696. The van der Waals surface area contributed by atoms with Crippen molar-refractivity contribution in [3.8, 4) is 5.75 Å². The van der Waals surface area contributed by atoms with Crippen LogP contribution in [-0.2, 0) is 4.79 Å². The third-order valence-electron chi connectivity index (χ3n) is 4.44. The molecule has 2 aliphatic heterocycles. The number of rotatable bonds is 3. The standard InChI is InChI=1S/C15H19NO3/c17-7-6-16-11-4-5-13(14(19)9-11)15(16)10-2-1-3-12(18)8-10/h1-3,8,11,13,15,17-18H,4-7,9H2. The lowest BCUT2D eigenvalue weighted by atomic mass is 9.71. The first-order valence-corrected chi connectivity index (χ1v) is 6.89. The Morgan fingerprint density at radius 1 is 1.32 bits per heavy atom. The highest BCUT2D eigenvalue weighted by Gasteiger charge is 2.46. The van der Waals surface area contributed by atoms with Crippen molar-refractivity contribution in [2.75, 3.05) is 13.2 Å². The summed E-state index contributed by atoms with van der Waals surface area (Å²) < 4.78 is 0. The Kier molecular flexibility index (Phi) is 3.29. The van der Waals surface area contributed by atoms with Gasteiger partial charge in [-0.2, -0.15) is 0 Å². The summed E-state index contributed by atoms with van der Waals surface area (Å²) in [5.41, 5.74) is 0.983. The second-order valence-corrected chi connectivity index (χ2v) is 5.51. The molecule has 3 atom stereocenters. The number of aromatic hydroxyl groups is 1. The molecule has 0 radical (unpaired) electrons. The van der Waals surface area contributed by atoms with Crippen LogP contribution in [0.2, 0.25) is 0 Å². The van der Waals surface area contributed by atoms with Gasteiger partial charge < -0.3 is 10.2 Å². The molecule has 0 aromatic heterocycles. The van der Waals surface area contributed by atoms with Crippen molar-refractivity contribution in [2.24, 2.45) is 5.92 Å². The maximum absolute atomic E-state index is 12.1. The van der Waals surface area contributed by atoms with Crippen molar-refractivity contribution in [3.63, 3.8) is 0 Å². The molecule has 2 bridgehead atoms. The van der Waals surface area contributed by atoms with Crippen molar-refractivity contribution in [1.82, 2.24) is 4.90 Å². The Hall–Kier alpha value is -1.39. The van der Waals surface area contributed by atoms with Gasteiger partial charge in [0, 0.05) is 31.0 Å². The van der Waals surface area contributed by atoms with Gasteiger partial charge in [0.15, 0.2) is 0 Å². The second-order valence-electron chi connectivity index (χ2n) is 5.51. The molecule has 3 unspecified atom stereocenters. The fourth-order valence-corrected chi connectivity index (χ4v) is 3.66. The summed E-state index contributed by atoms with van der Waals surface area (Å²) in [6.07, 6.45) is 2.57. The molecule has 1 saturated carbocycles. The van der Waals surface area contributed by atoms with Crippen LogP contribution in [0.15, 0.2) is 24.3 Å². The van der Waals surface area contributed by atoms with Crippen LogP contribution in [0.1, 0.15) is 30.9 Å². The van der Waals surface area contributed by atoms with Crippen molar-refractivity contribution < 1.29 is 15.0 Å². The van der Waals surface area contributed by atoms with E-state index >= 15 is 0 Å². The van der Waals surface area contributed by atoms with E-state index in [4.69, 9.17) is 0 Å². The highest BCUT2D eigenvalue weighted by atomic mass is 16.3. The number of aliphatic hydroxyl groups is 1. The Balaban J connectivity index is 1.97. The predicted molar refractivity (Wildman–Crippen MR) is 70.8 cm³/mol. The predicted octanol–water partition coefficient (Wildman–Crippen LogP) is 1.48. The quantitative estimate of drug-likeness (QED) is 0.865. The minimum atomic E-state index is 0.0124. The molecule has 2 N–H and O–H groups in total. The van der Waals surface area contributed by atoms with Crippen LogP contribution in [0.5, 0.6) is 5.75 Å². The van der Waals surface area contributed by atoms with Gasteiger partial charge in [0.05, 0.1) is 6.61 Å². The van der Waals surface area contributed by atoms with Gasteiger partial charge in [-0.25, -0.2) is 0 Å². The van der Waals surface area contributed by atoms with Crippen molar-refractivity contribution in [3.05, 3.63) is 29.8 Å². The number of hydrogen-bond acceptors (Lipinski definition) is 4. The van der Waals surface area contributed by atoms with Crippen LogP contribution in [0.4, 0.5) is 0 Å². The average molecular weight is 261 g/mol. The fraction of sp³-hybridized carbons (Fsp3) is 0.533. The zero-order valence-corrected chi connectivity index (χ0v) is 10.8. The van der Waals surface area contributed by atoms with Crippen LogP contribution < -0.4 is 0 Å². The summed E-state index contributed by atoms with van der Waals surface area (Å²) in [4.78, 5) is 14.4. The molecule has 2 saturated heterocycles. The van der Waals surface area contributed by atoms with E-state index < -0.39 is 0 Å². The number of nitrogens with zero attached hydrogens (tertiary/aromatic N) is 1. The number of fused-ring (bicyclic) bond motifs is 3. The van der Waals surface area contributed by atoms with E-state index in [1.54, 1.807) is 12.1 Å². The highest BCUT2D eigenvalue weighted by molar-refractivity contribution is 5.84. The van der Waals surface area contributed by atoms with Gasteiger partial charge in [0.25, 0.3) is 0 Å². The average Bonchev–Trinajstić information content (AvgIpc) is 2.40. The number of phenolic OH excluding ortho intramolecular Hbond substituents is 1. The number of Topliss-reactive ketones (excluding diaryl/α,β-unsaturated/α-hetero) is 1. The first kappa shape index (κ1) is 12.6. The summed E-state index contributed by atoms with van der Waals surface area (Å²) in [5.74, 6) is 0.576. The van der Waals surface area contributed by atoms with E-state index in [9.17, 15) is 15.0 Å². The van der Waals surface area contributed by atoms with E-state index in [-0.39, 0.29) is 30.4 Å². The van der Waals surface area contributed by atoms with Gasteiger partial charge in [-0.15, -0.1) is 0 Å². The largest absolute Gasteiger partial charge is 0.508 e. The van der Waals surface area contributed by atoms with Crippen molar-refractivity contribution in [1.29, 1.82) is 0 Å². The number of aliphatic hydroxyl groups excluding tert-OH is 1. The van der Waals surface area contributed by atoms with Gasteiger partial charge in [-0.1, -0.05) is 12.1 Å². The first-order valence-electron chi connectivity index (χ1n) is 6.89. The molecular formula is C15H19NO3. The van der Waals surface area contributed by atoms with E-state index in [0.29, 0.717) is 18.7 Å². The third kappa shape index (κ3) is 2.15. The lowest BCUT2D eigenvalue weighted by Crippen LogP contribution is -2.54. The van der Waals surface area contributed by atoms with Crippen molar-refractivity contribution in [2.45, 2.75) is 31.3 Å². The van der Waals surface area contributed by atoms with E-state index in [0.717, 1.165) is 18.4 Å². The molecular weight excluding hydrogens is 242 g/mol. The maximum Gasteiger partial charge on any atom is 0.139 e. The molecule has 102 valence electrons. The lowest BCUT2D eigenvalue weighted by molar-refractivity contribution is -0.138. The number of phenols is 1. The van der Waals surface area contributed by atoms with Gasteiger partial charge in [-0.05, 0) is 30.5 Å². The molecule has 4 heteroatoms. The smallest absolute Gasteiger partial charge is 0.139 e. The highest BCUT2D eigenvalue weighted by Crippen LogP contribution is 2.45. The van der Waals surface area contributed by atoms with Gasteiger partial charge >= 0.3 is 0 Å². The van der Waals surface area contributed by atoms with Gasteiger partial charge in [0.1, 0.15) is 11.5 Å². The van der Waals surface area contributed by atoms with Crippen LogP contribution in [0, 0.1) is 5.92 Å².